The quantitative estimate of drug-likeness (QED) is 0.434. The van der Waals surface area contributed by atoms with E-state index < -0.39 is 17.8 Å². The maximum absolute atomic E-state index is 12.1. The summed E-state index contributed by atoms with van der Waals surface area (Å²) in [6.45, 7) is 0. The lowest BCUT2D eigenvalue weighted by molar-refractivity contribution is -0.133. The average molecular weight is 354 g/mol. The molecule has 2 aromatic rings. The van der Waals surface area contributed by atoms with Gasteiger partial charge < -0.3 is 10.4 Å². The summed E-state index contributed by atoms with van der Waals surface area (Å²) >= 11 is 1.23. The number of aliphatic carboxylic acids is 1. The van der Waals surface area contributed by atoms with E-state index in [1.165, 1.54) is 11.8 Å². The highest BCUT2D eigenvalue weighted by Crippen LogP contribution is 2.25. The molecule has 2 aromatic carbocycles. The summed E-state index contributed by atoms with van der Waals surface area (Å²) in [6, 6.07) is 14.1. The van der Waals surface area contributed by atoms with Crippen molar-refractivity contribution in [2.24, 2.45) is 0 Å². The third-order valence-corrected chi connectivity index (χ3v) is 4.53. The fraction of sp³-hybridized carbons (Fsp3) is 0.0556. The maximum atomic E-state index is 12.1. The first-order chi connectivity index (χ1) is 12.0. The number of carboxylic acid groups (broad SMARTS) is 1. The second kappa shape index (κ2) is 7.23. The molecule has 0 fully saturated rings. The Morgan fingerprint density at radius 2 is 1.72 bits per heavy atom. The molecule has 126 valence electrons. The molecule has 0 aromatic heterocycles. The molecule has 3 N–H and O–H groups in total. The first-order valence-electron chi connectivity index (χ1n) is 7.41. The Morgan fingerprint density at radius 1 is 1.04 bits per heavy atom. The van der Waals surface area contributed by atoms with Gasteiger partial charge in [0.2, 0.25) is 0 Å². The highest BCUT2D eigenvalue weighted by Gasteiger charge is 2.26. The molecule has 0 unspecified atom stereocenters. The van der Waals surface area contributed by atoms with Crippen LogP contribution in [0.1, 0.15) is 15.9 Å². The summed E-state index contributed by atoms with van der Waals surface area (Å²) in [5.41, 5.74) is 2.15. The molecule has 0 saturated carbocycles. The number of fused-ring (bicyclic) bond motifs is 1. The molecule has 1 aliphatic rings. The first kappa shape index (κ1) is 16.8. The molecule has 0 radical (unpaired) electrons. The van der Waals surface area contributed by atoms with Crippen LogP contribution in [0.3, 0.4) is 0 Å². The molecular weight excluding hydrogens is 340 g/mol. The number of carbonyl (C=O) groups excluding carboxylic acids is 2. The lowest BCUT2D eigenvalue weighted by Crippen LogP contribution is -2.36. The predicted molar refractivity (Wildman–Crippen MR) is 95.3 cm³/mol. The van der Waals surface area contributed by atoms with E-state index in [2.05, 4.69) is 10.6 Å². The number of rotatable bonds is 5. The summed E-state index contributed by atoms with van der Waals surface area (Å²) in [4.78, 5) is 35.3. The summed E-state index contributed by atoms with van der Waals surface area (Å²) in [5.74, 6) is -1.72. The van der Waals surface area contributed by atoms with Gasteiger partial charge in [-0.05, 0) is 30.3 Å². The van der Waals surface area contributed by atoms with Crippen LogP contribution in [0.2, 0.25) is 0 Å². The Balaban J connectivity index is 1.77. The molecule has 2 amide bonds. The minimum absolute atomic E-state index is 0.00180. The third kappa shape index (κ3) is 3.89. The largest absolute Gasteiger partial charge is 0.481 e. The van der Waals surface area contributed by atoms with E-state index >= 15 is 0 Å². The summed E-state index contributed by atoms with van der Waals surface area (Å²) in [5, 5.41) is 14.0. The normalized spacial score (nSPS) is 14.8. The number of carboxylic acids is 1. The first-order valence-corrected chi connectivity index (χ1v) is 8.39. The van der Waals surface area contributed by atoms with Gasteiger partial charge in [-0.15, -0.1) is 11.8 Å². The van der Waals surface area contributed by atoms with Crippen molar-refractivity contribution in [2.45, 2.75) is 4.90 Å². The Bertz CT molecular complexity index is 875. The van der Waals surface area contributed by atoms with Gasteiger partial charge in [0.15, 0.2) is 0 Å². The number of hydrogen-bond acceptors (Lipinski definition) is 5. The molecule has 6 nitrogen and oxygen atoms in total. The van der Waals surface area contributed by atoms with Crippen LogP contribution in [-0.4, -0.2) is 28.6 Å². The Kier molecular flexibility index (Phi) is 4.85. The third-order valence-electron chi connectivity index (χ3n) is 3.53. The van der Waals surface area contributed by atoms with Crippen LogP contribution in [0, 0.1) is 0 Å². The summed E-state index contributed by atoms with van der Waals surface area (Å²) in [7, 11) is 0. The van der Waals surface area contributed by atoms with E-state index in [-0.39, 0.29) is 5.75 Å². The van der Waals surface area contributed by atoms with Gasteiger partial charge in [0.1, 0.15) is 0 Å². The lowest BCUT2D eigenvalue weighted by atomic mass is 9.96. The lowest BCUT2D eigenvalue weighted by Gasteiger charge is -2.18. The molecule has 0 atom stereocenters. The molecule has 3 rings (SSSR count). The van der Waals surface area contributed by atoms with Crippen LogP contribution in [0.25, 0.3) is 5.57 Å². The van der Waals surface area contributed by atoms with E-state index in [4.69, 9.17) is 5.11 Å². The fourth-order valence-electron chi connectivity index (χ4n) is 2.37. The van der Waals surface area contributed by atoms with Crippen molar-refractivity contribution in [3.63, 3.8) is 0 Å². The van der Waals surface area contributed by atoms with Crippen LogP contribution in [0.4, 0.5) is 5.69 Å². The second-order valence-electron chi connectivity index (χ2n) is 5.24. The Labute approximate surface area is 147 Å². The Morgan fingerprint density at radius 3 is 2.40 bits per heavy atom. The van der Waals surface area contributed by atoms with Crippen LogP contribution in [-0.2, 0) is 9.59 Å². The molecule has 0 bridgehead atoms. The highest BCUT2D eigenvalue weighted by molar-refractivity contribution is 8.00. The van der Waals surface area contributed by atoms with Gasteiger partial charge in [-0.2, -0.15) is 0 Å². The number of carbonyl (C=O) groups is 3. The van der Waals surface area contributed by atoms with Crippen molar-refractivity contribution in [3.8, 4) is 0 Å². The number of amides is 2. The molecule has 0 aliphatic carbocycles. The number of nitrogens with one attached hydrogen (secondary N) is 2. The van der Waals surface area contributed by atoms with Gasteiger partial charge in [-0.3, -0.25) is 19.7 Å². The van der Waals surface area contributed by atoms with Gasteiger partial charge in [0, 0.05) is 27.9 Å². The summed E-state index contributed by atoms with van der Waals surface area (Å²) in [6.07, 6.45) is 1.56. The van der Waals surface area contributed by atoms with E-state index in [0.717, 1.165) is 10.6 Å². The smallest absolute Gasteiger partial charge is 0.313 e. The zero-order valence-electron chi connectivity index (χ0n) is 13.0. The van der Waals surface area contributed by atoms with E-state index in [9.17, 15) is 14.4 Å². The number of imide groups is 1. The Hall–Kier alpha value is -3.06. The maximum Gasteiger partial charge on any atom is 0.313 e. The fourth-order valence-corrected chi connectivity index (χ4v) is 2.99. The molecule has 25 heavy (non-hydrogen) atoms. The van der Waals surface area contributed by atoms with Gasteiger partial charge in [0.25, 0.3) is 11.8 Å². The molecule has 1 heterocycles. The molecule has 1 aliphatic heterocycles. The van der Waals surface area contributed by atoms with E-state index in [0.29, 0.717) is 16.7 Å². The van der Waals surface area contributed by atoms with Crippen molar-refractivity contribution >= 4 is 40.8 Å². The van der Waals surface area contributed by atoms with Crippen molar-refractivity contribution in [1.82, 2.24) is 5.32 Å². The van der Waals surface area contributed by atoms with Crippen LogP contribution in [0.5, 0.6) is 0 Å². The topological polar surface area (TPSA) is 95.5 Å². The molecule has 0 saturated heterocycles. The zero-order chi connectivity index (χ0) is 17.8. The number of benzene rings is 2. The van der Waals surface area contributed by atoms with E-state index in [1.54, 1.807) is 54.7 Å². The van der Waals surface area contributed by atoms with E-state index in [1.807, 2.05) is 0 Å². The second-order valence-corrected chi connectivity index (χ2v) is 6.29. The number of thioether (sulfide) groups is 1. The van der Waals surface area contributed by atoms with Crippen molar-refractivity contribution < 1.29 is 19.5 Å². The number of anilines is 1. The summed E-state index contributed by atoms with van der Waals surface area (Å²) < 4.78 is 0. The van der Waals surface area contributed by atoms with Crippen molar-refractivity contribution in [2.75, 3.05) is 11.1 Å². The highest BCUT2D eigenvalue weighted by atomic mass is 32.2. The molecule has 7 heteroatoms. The van der Waals surface area contributed by atoms with Gasteiger partial charge in [-0.25, -0.2) is 0 Å². The SMILES string of the molecule is O=C(O)CSc1ccc(NC=C2C(=O)NC(=O)c3ccccc32)cc1. The molecule has 0 spiro atoms. The zero-order valence-corrected chi connectivity index (χ0v) is 13.8. The minimum atomic E-state index is -0.867. The van der Waals surface area contributed by atoms with Crippen molar-refractivity contribution in [1.29, 1.82) is 0 Å². The van der Waals surface area contributed by atoms with Crippen LogP contribution >= 0.6 is 11.8 Å². The minimum Gasteiger partial charge on any atom is -0.481 e. The predicted octanol–water partition coefficient (Wildman–Crippen LogP) is 2.59. The van der Waals surface area contributed by atoms with Gasteiger partial charge in [-0.1, -0.05) is 18.2 Å². The van der Waals surface area contributed by atoms with Gasteiger partial charge >= 0.3 is 5.97 Å². The van der Waals surface area contributed by atoms with Crippen molar-refractivity contribution in [3.05, 3.63) is 65.9 Å². The van der Waals surface area contributed by atoms with Crippen LogP contribution < -0.4 is 10.6 Å². The standard InChI is InChI=1S/C18H14N2O4S/c21-16(22)10-25-12-7-5-11(6-8-12)19-9-15-13-3-1-2-4-14(13)17(23)20-18(15)24/h1-9,19H,10H2,(H,21,22)(H,20,23,24). The average Bonchev–Trinajstić information content (AvgIpc) is 2.61. The van der Waals surface area contributed by atoms with Gasteiger partial charge in [0.05, 0.1) is 11.3 Å². The molecular formula is C18H14N2O4S. The monoisotopic (exact) mass is 354 g/mol. The van der Waals surface area contributed by atoms with Crippen LogP contribution in [0.15, 0.2) is 59.6 Å². The number of hydrogen-bond donors (Lipinski definition) is 3.